The summed E-state index contributed by atoms with van der Waals surface area (Å²) < 4.78 is 4.12. The van der Waals surface area contributed by atoms with Gasteiger partial charge in [-0.2, -0.15) is 5.10 Å². The summed E-state index contributed by atoms with van der Waals surface area (Å²) in [5.41, 5.74) is 6.62. The molecule has 0 unspecified atom stereocenters. The molecular weight excluding hydrogens is 372 g/mol. The second kappa shape index (κ2) is 7.34. The maximum absolute atomic E-state index is 12.9. The minimum absolute atomic E-state index is 0.135. The highest BCUT2D eigenvalue weighted by atomic mass is 16.2. The summed E-state index contributed by atoms with van der Waals surface area (Å²) in [6.45, 7) is 5.35. The molecular formula is C25H24N4O. The molecule has 0 saturated heterocycles. The van der Waals surface area contributed by atoms with Gasteiger partial charge in [-0.15, -0.1) is 0 Å². The Balaban J connectivity index is 1.50. The second-order valence-electron chi connectivity index (χ2n) is 7.95. The van der Waals surface area contributed by atoms with Gasteiger partial charge < -0.3 is 9.47 Å². The largest absolute Gasteiger partial charge is 0.332 e. The van der Waals surface area contributed by atoms with Crippen molar-refractivity contribution in [2.45, 2.75) is 33.4 Å². The Kier molecular flexibility index (Phi) is 4.51. The third kappa shape index (κ3) is 3.22. The molecule has 4 aromatic rings. The van der Waals surface area contributed by atoms with Gasteiger partial charge in [0.1, 0.15) is 5.82 Å². The molecule has 150 valence electrons. The van der Waals surface area contributed by atoms with Crippen LogP contribution in [0.15, 0.2) is 73.1 Å². The van der Waals surface area contributed by atoms with Gasteiger partial charge in [-0.25, -0.2) is 4.68 Å². The Morgan fingerprint density at radius 3 is 2.47 bits per heavy atom. The van der Waals surface area contributed by atoms with Gasteiger partial charge in [0.25, 0.3) is 0 Å². The summed E-state index contributed by atoms with van der Waals surface area (Å²) in [6, 6.07) is 20.4. The van der Waals surface area contributed by atoms with Crippen molar-refractivity contribution in [3.63, 3.8) is 0 Å². The Hall–Kier alpha value is -3.60. The van der Waals surface area contributed by atoms with Gasteiger partial charge in [0.2, 0.25) is 5.91 Å². The van der Waals surface area contributed by atoms with Crippen LogP contribution in [0.3, 0.4) is 0 Å². The highest BCUT2D eigenvalue weighted by molar-refractivity contribution is 5.79. The van der Waals surface area contributed by atoms with Gasteiger partial charge in [0.15, 0.2) is 0 Å². The van der Waals surface area contributed by atoms with Crippen molar-refractivity contribution in [2.75, 3.05) is 0 Å². The summed E-state index contributed by atoms with van der Waals surface area (Å²) in [5.74, 6) is 1.15. The van der Waals surface area contributed by atoms with Gasteiger partial charge in [0.05, 0.1) is 30.9 Å². The van der Waals surface area contributed by atoms with Crippen molar-refractivity contribution in [2.24, 2.45) is 0 Å². The average Bonchev–Trinajstić information content (AvgIpc) is 3.44. The maximum atomic E-state index is 12.9. The second-order valence-corrected chi connectivity index (χ2v) is 7.95. The fourth-order valence-corrected chi connectivity index (χ4v) is 4.21. The lowest BCUT2D eigenvalue weighted by atomic mass is 10.1. The molecule has 0 aliphatic carbocycles. The lowest BCUT2D eigenvalue weighted by Gasteiger charge is -2.18. The zero-order valence-corrected chi connectivity index (χ0v) is 17.2. The van der Waals surface area contributed by atoms with Crippen molar-refractivity contribution in [1.82, 2.24) is 19.2 Å². The average molecular weight is 396 g/mol. The predicted molar refractivity (Wildman–Crippen MR) is 117 cm³/mol. The molecule has 5 heteroatoms. The van der Waals surface area contributed by atoms with Crippen LogP contribution in [0, 0.1) is 13.8 Å². The Morgan fingerprint density at radius 1 is 0.967 bits per heavy atom. The van der Waals surface area contributed by atoms with E-state index in [2.05, 4.69) is 36.6 Å². The van der Waals surface area contributed by atoms with Gasteiger partial charge in [-0.1, -0.05) is 48.0 Å². The highest BCUT2D eigenvalue weighted by Gasteiger charge is 2.31. The van der Waals surface area contributed by atoms with E-state index in [9.17, 15) is 4.79 Å². The fourth-order valence-electron chi connectivity index (χ4n) is 4.21. The molecule has 1 amide bonds. The smallest absolute Gasteiger partial charge is 0.227 e. The molecule has 0 N–H and O–H groups in total. The van der Waals surface area contributed by atoms with E-state index in [1.807, 2.05) is 64.4 Å². The van der Waals surface area contributed by atoms with E-state index in [1.54, 1.807) is 0 Å². The normalized spacial score (nSPS) is 12.9. The molecule has 0 spiro atoms. The molecule has 1 aliphatic rings. The zero-order valence-electron chi connectivity index (χ0n) is 17.2. The van der Waals surface area contributed by atoms with Crippen LogP contribution < -0.4 is 0 Å². The summed E-state index contributed by atoms with van der Waals surface area (Å²) in [7, 11) is 0. The first-order valence-electron chi connectivity index (χ1n) is 10.2. The highest BCUT2D eigenvalue weighted by Crippen LogP contribution is 2.31. The molecule has 5 rings (SSSR count). The Morgan fingerprint density at radius 2 is 1.73 bits per heavy atom. The molecule has 0 radical (unpaired) electrons. The fraction of sp³-hybridized carbons (Fsp3) is 0.200. The molecule has 2 aromatic carbocycles. The van der Waals surface area contributed by atoms with Crippen molar-refractivity contribution in [3.8, 4) is 11.5 Å². The first kappa shape index (κ1) is 18.4. The number of aromatic nitrogens is 3. The number of amides is 1. The number of hydrogen-bond acceptors (Lipinski definition) is 2. The number of nitrogens with zero attached hydrogens (tertiary/aromatic N) is 4. The van der Waals surface area contributed by atoms with Gasteiger partial charge in [-0.3, -0.25) is 4.79 Å². The number of fused-ring (bicyclic) bond motifs is 1. The van der Waals surface area contributed by atoms with Crippen LogP contribution in [0.25, 0.3) is 11.5 Å². The molecule has 0 fully saturated rings. The molecule has 5 nitrogen and oxygen atoms in total. The quantitative estimate of drug-likeness (QED) is 0.514. The van der Waals surface area contributed by atoms with Crippen LogP contribution >= 0.6 is 0 Å². The van der Waals surface area contributed by atoms with E-state index in [1.165, 1.54) is 11.1 Å². The Labute approximate surface area is 176 Å². The number of rotatable bonds is 4. The number of carbonyl (C=O) groups excluding carboxylic acids is 1. The van der Waals surface area contributed by atoms with Crippen molar-refractivity contribution in [1.29, 1.82) is 0 Å². The van der Waals surface area contributed by atoms with Crippen LogP contribution in [0.2, 0.25) is 0 Å². The molecule has 3 heterocycles. The number of aryl methyl sites for hydroxylation is 2. The van der Waals surface area contributed by atoms with E-state index in [0.29, 0.717) is 19.5 Å². The Bertz CT molecular complexity index is 1210. The summed E-state index contributed by atoms with van der Waals surface area (Å²) in [4.78, 5) is 14.8. The molecule has 0 saturated carbocycles. The number of hydrogen-bond donors (Lipinski definition) is 0. The van der Waals surface area contributed by atoms with Crippen molar-refractivity contribution < 1.29 is 4.79 Å². The monoisotopic (exact) mass is 396 g/mol. The van der Waals surface area contributed by atoms with E-state index in [0.717, 1.165) is 28.3 Å². The topological polar surface area (TPSA) is 43.1 Å². The predicted octanol–water partition coefficient (Wildman–Crippen LogP) is 4.36. The van der Waals surface area contributed by atoms with E-state index >= 15 is 0 Å². The lowest BCUT2D eigenvalue weighted by Crippen LogP contribution is -2.28. The first-order valence-corrected chi connectivity index (χ1v) is 10.2. The van der Waals surface area contributed by atoms with Crippen molar-refractivity contribution >= 4 is 5.91 Å². The summed E-state index contributed by atoms with van der Waals surface area (Å²) in [5, 5.41) is 4.95. The van der Waals surface area contributed by atoms with Crippen molar-refractivity contribution in [3.05, 3.63) is 101 Å². The molecule has 30 heavy (non-hydrogen) atoms. The SMILES string of the molecule is Cc1ccc(-n2nc3c(c2-n2cccc2)CN(C(=O)Cc2ccccc2)C3)c(C)c1. The molecule has 1 aliphatic heterocycles. The van der Waals surface area contributed by atoms with Gasteiger partial charge in [-0.05, 0) is 43.2 Å². The minimum atomic E-state index is 0.135. The van der Waals surface area contributed by atoms with E-state index in [4.69, 9.17) is 5.10 Å². The molecule has 0 atom stereocenters. The van der Waals surface area contributed by atoms with E-state index in [-0.39, 0.29) is 5.91 Å². The first-order chi connectivity index (χ1) is 14.6. The van der Waals surface area contributed by atoms with Gasteiger partial charge in [0, 0.05) is 18.0 Å². The molecule has 2 aromatic heterocycles. The van der Waals surface area contributed by atoms with E-state index < -0.39 is 0 Å². The lowest BCUT2D eigenvalue weighted by molar-refractivity contribution is -0.131. The number of carbonyl (C=O) groups is 1. The third-order valence-corrected chi connectivity index (χ3v) is 5.71. The minimum Gasteiger partial charge on any atom is -0.332 e. The van der Waals surface area contributed by atoms with Crippen LogP contribution in [0.4, 0.5) is 0 Å². The zero-order chi connectivity index (χ0) is 20.7. The van der Waals surface area contributed by atoms with Crippen LogP contribution in [0.1, 0.15) is 27.9 Å². The van der Waals surface area contributed by atoms with Gasteiger partial charge >= 0.3 is 0 Å². The summed E-state index contributed by atoms with van der Waals surface area (Å²) in [6.07, 6.45) is 4.48. The molecule has 0 bridgehead atoms. The number of benzene rings is 2. The van der Waals surface area contributed by atoms with Crippen LogP contribution in [-0.4, -0.2) is 25.2 Å². The van der Waals surface area contributed by atoms with Crippen LogP contribution in [-0.2, 0) is 24.3 Å². The third-order valence-electron chi connectivity index (χ3n) is 5.71. The summed E-state index contributed by atoms with van der Waals surface area (Å²) >= 11 is 0. The van der Waals surface area contributed by atoms with Crippen LogP contribution in [0.5, 0.6) is 0 Å². The standard InChI is InChI=1S/C25H24N4O/c1-18-10-11-23(19(2)14-18)29-25(27-12-6-7-13-27)21-16-28(17-22(21)26-29)24(30)15-20-8-4-3-5-9-20/h3-14H,15-17H2,1-2H3. The maximum Gasteiger partial charge on any atom is 0.227 e.